The minimum Gasteiger partial charge on any atom is -0.352 e. The number of hydrogen-bond donors (Lipinski definition) is 1. The van der Waals surface area contributed by atoms with Crippen LogP contribution in [0.1, 0.15) is 45.1 Å². The largest absolute Gasteiger partial charge is 0.352 e. The van der Waals surface area contributed by atoms with Crippen molar-refractivity contribution in [1.29, 1.82) is 0 Å². The van der Waals surface area contributed by atoms with Crippen LogP contribution in [0, 0.1) is 5.92 Å². The Hall–Kier alpha value is -1.38. The van der Waals surface area contributed by atoms with Crippen molar-refractivity contribution in [2.45, 2.75) is 46.1 Å². The van der Waals surface area contributed by atoms with E-state index < -0.39 is 0 Å². The topological polar surface area (TPSA) is 42.0 Å². The molecule has 0 aromatic carbocycles. The van der Waals surface area contributed by atoms with Crippen molar-refractivity contribution >= 4 is 5.91 Å². The van der Waals surface area contributed by atoms with Crippen LogP contribution in [0.4, 0.5) is 0 Å². The summed E-state index contributed by atoms with van der Waals surface area (Å²) in [4.78, 5) is 15.9. The summed E-state index contributed by atoms with van der Waals surface area (Å²) in [5, 5.41) is 2.98. The molecule has 1 heterocycles. The van der Waals surface area contributed by atoms with Crippen LogP contribution in [0.2, 0.25) is 0 Å². The molecule has 0 fully saturated rings. The molecule has 0 aliphatic heterocycles. The Bertz CT molecular complexity index is 324. The molecule has 0 aliphatic rings. The van der Waals surface area contributed by atoms with Gasteiger partial charge in [0.25, 0.3) is 0 Å². The van der Waals surface area contributed by atoms with Crippen LogP contribution in [0.15, 0.2) is 24.5 Å². The molecule has 1 N–H and O–H groups in total. The number of hydrogen-bond acceptors (Lipinski definition) is 2. The number of unbranched alkanes of at least 4 members (excludes halogenated alkanes) is 1. The molecular formula is C14H22N2O. The monoisotopic (exact) mass is 234 g/mol. The Morgan fingerprint density at radius 2 is 2.29 bits per heavy atom. The van der Waals surface area contributed by atoms with Gasteiger partial charge in [0.2, 0.25) is 5.91 Å². The van der Waals surface area contributed by atoms with E-state index in [1.807, 2.05) is 12.1 Å². The second-order valence-electron chi connectivity index (χ2n) is 4.33. The zero-order chi connectivity index (χ0) is 12.5. The van der Waals surface area contributed by atoms with Gasteiger partial charge in [-0.3, -0.25) is 9.78 Å². The molecule has 1 aromatic rings. The van der Waals surface area contributed by atoms with Crippen molar-refractivity contribution in [2.75, 3.05) is 0 Å². The van der Waals surface area contributed by atoms with E-state index in [4.69, 9.17) is 0 Å². The van der Waals surface area contributed by atoms with Crippen molar-refractivity contribution in [3.05, 3.63) is 30.1 Å². The van der Waals surface area contributed by atoms with Crippen LogP contribution in [-0.2, 0) is 11.3 Å². The molecule has 3 heteroatoms. The van der Waals surface area contributed by atoms with Crippen LogP contribution in [-0.4, -0.2) is 10.9 Å². The Kier molecular flexibility index (Phi) is 6.30. The molecule has 0 aliphatic carbocycles. The summed E-state index contributed by atoms with van der Waals surface area (Å²) < 4.78 is 0. The maximum absolute atomic E-state index is 11.9. The van der Waals surface area contributed by atoms with Gasteiger partial charge in [-0.25, -0.2) is 0 Å². The van der Waals surface area contributed by atoms with E-state index >= 15 is 0 Å². The van der Waals surface area contributed by atoms with Gasteiger partial charge in [0, 0.05) is 24.9 Å². The molecule has 17 heavy (non-hydrogen) atoms. The lowest BCUT2D eigenvalue weighted by molar-refractivity contribution is -0.125. The summed E-state index contributed by atoms with van der Waals surface area (Å²) in [6.45, 7) is 4.81. The molecule has 3 nitrogen and oxygen atoms in total. The highest BCUT2D eigenvalue weighted by Crippen LogP contribution is 2.12. The third-order valence-corrected chi connectivity index (χ3v) is 2.96. The summed E-state index contributed by atoms with van der Waals surface area (Å²) >= 11 is 0. The minimum atomic E-state index is 0.159. The number of pyridine rings is 1. The molecule has 1 atom stereocenters. The van der Waals surface area contributed by atoms with Crippen LogP contribution in [0.25, 0.3) is 0 Å². The average molecular weight is 234 g/mol. The first kappa shape index (κ1) is 13.7. The van der Waals surface area contributed by atoms with Crippen molar-refractivity contribution in [2.24, 2.45) is 5.92 Å². The Morgan fingerprint density at radius 3 is 2.88 bits per heavy atom. The van der Waals surface area contributed by atoms with Crippen molar-refractivity contribution < 1.29 is 4.79 Å². The van der Waals surface area contributed by atoms with Gasteiger partial charge in [-0.1, -0.05) is 32.8 Å². The van der Waals surface area contributed by atoms with E-state index in [-0.39, 0.29) is 11.8 Å². The smallest absolute Gasteiger partial charge is 0.223 e. The van der Waals surface area contributed by atoms with E-state index in [0.29, 0.717) is 6.54 Å². The zero-order valence-corrected chi connectivity index (χ0v) is 10.8. The first-order valence-electron chi connectivity index (χ1n) is 6.44. The molecule has 0 bridgehead atoms. The van der Waals surface area contributed by atoms with Crippen LogP contribution >= 0.6 is 0 Å². The van der Waals surface area contributed by atoms with Gasteiger partial charge in [-0.2, -0.15) is 0 Å². The van der Waals surface area contributed by atoms with Crippen molar-refractivity contribution in [3.8, 4) is 0 Å². The molecule has 0 radical (unpaired) electrons. The molecule has 0 spiro atoms. The molecule has 1 amide bonds. The number of amides is 1. The number of nitrogens with zero attached hydrogens (tertiary/aromatic N) is 1. The highest BCUT2D eigenvalue weighted by atomic mass is 16.1. The molecule has 1 aromatic heterocycles. The van der Waals surface area contributed by atoms with E-state index in [0.717, 1.165) is 31.2 Å². The first-order valence-corrected chi connectivity index (χ1v) is 6.44. The standard InChI is InChI=1S/C14H22N2O/c1-3-5-8-13(4-2)14(17)16-11-12-7-6-9-15-10-12/h6-7,9-10,13H,3-5,8,11H2,1-2H3,(H,16,17). The predicted octanol–water partition coefficient (Wildman–Crippen LogP) is 2.91. The molecule has 0 saturated carbocycles. The maximum atomic E-state index is 11.9. The van der Waals surface area contributed by atoms with Gasteiger partial charge in [0.15, 0.2) is 0 Å². The lowest BCUT2D eigenvalue weighted by Crippen LogP contribution is -2.30. The molecule has 94 valence electrons. The fourth-order valence-corrected chi connectivity index (χ4v) is 1.81. The zero-order valence-electron chi connectivity index (χ0n) is 10.8. The van der Waals surface area contributed by atoms with Gasteiger partial charge in [-0.05, 0) is 24.5 Å². The summed E-state index contributed by atoms with van der Waals surface area (Å²) in [5.41, 5.74) is 1.05. The highest BCUT2D eigenvalue weighted by molar-refractivity contribution is 5.78. The number of carbonyl (C=O) groups excluding carboxylic acids is 1. The highest BCUT2D eigenvalue weighted by Gasteiger charge is 2.14. The van der Waals surface area contributed by atoms with E-state index in [1.165, 1.54) is 0 Å². The molecule has 0 saturated heterocycles. The van der Waals surface area contributed by atoms with E-state index in [1.54, 1.807) is 12.4 Å². The van der Waals surface area contributed by atoms with Gasteiger partial charge in [-0.15, -0.1) is 0 Å². The van der Waals surface area contributed by atoms with Crippen LogP contribution < -0.4 is 5.32 Å². The first-order chi connectivity index (χ1) is 8.27. The third kappa shape index (κ3) is 4.98. The third-order valence-electron chi connectivity index (χ3n) is 2.96. The Labute approximate surface area is 104 Å². The number of carbonyl (C=O) groups is 1. The SMILES string of the molecule is CCCCC(CC)C(=O)NCc1cccnc1. The normalized spacial score (nSPS) is 12.1. The lowest BCUT2D eigenvalue weighted by atomic mass is 9.98. The van der Waals surface area contributed by atoms with E-state index in [2.05, 4.69) is 24.1 Å². The maximum Gasteiger partial charge on any atom is 0.223 e. The quantitative estimate of drug-likeness (QED) is 0.788. The summed E-state index contributed by atoms with van der Waals surface area (Å²) in [5.74, 6) is 0.330. The Morgan fingerprint density at radius 1 is 1.47 bits per heavy atom. The molecule has 1 unspecified atom stereocenters. The van der Waals surface area contributed by atoms with Gasteiger partial charge in [0.1, 0.15) is 0 Å². The fraction of sp³-hybridized carbons (Fsp3) is 0.571. The van der Waals surface area contributed by atoms with Gasteiger partial charge >= 0.3 is 0 Å². The van der Waals surface area contributed by atoms with Gasteiger partial charge in [0.05, 0.1) is 0 Å². The molecular weight excluding hydrogens is 212 g/mol. The number of aromatic nitrogens is 1. The second-order valence-corrected chi connectivity index (χ2v) is 4.33. The van der Waals surface area contributed by atoms with Gasteiger partial charge < -0.3 is 5.32 Å². The second kappa shape index (κ2) is 7.82. The van der Waals surface area contributed by atoms with E-state index in [9.17, 15) is 4.79 Å². The van der Waals surface area contributed by atoms with Crippen molar-refractivity contribution in [1.82, 2.24) is 10.3 Å². The number of rotatable bonds is 7. The summed E-state index contributed by atoms with van der Waals surface area (Å²) in [6, 6.07) is 3.86. The summed E-state index contributed by atoms with van der Waals surface area (Å²) in [7, 11) is 0. The predicted molar refractivity (Wildman–Crippen MR) is 69.4 cm³/mol. The molecule has 1 rings (SSSR count). The minimum absolute atomic E-state index is 0.159. The Balaban J connectivity index is 2.37. The lowest BCUT2D eigenvalue weighted by Gasteiger charge is -2.14. The van der Waals surface area contributed by atoms with Crippen LogP contribution in [0.5, 0.6) is 0 Å². The fourth-order valence-electron chi connectivity index (χ4n) is 1.81. The number of nitrogens with one attached hydrogen (secondary N) is 1. The summed E-state index contributed by atoms with van der Waals surface area (Å²) in [6.07, 6.45) is 7.70. The van der Waals surface area contributed by atoms with Crippen molar-refractivity contribution in [3.63, 3.8) is 0 Å². The van der Waals surface area contributed by atoms with Crippen LogP contribution in [0.3, 0.4) is 0 Å². The average Bonchev–Trinajstić information content (AvgIpc) is 2.38.